The summed E-state index contributed by atoms with van der Waals surface area (Å²) in [7, 11) is 0. The molecule has 1 fully saturated rings. The Kier molecular flexibility index (Phi) is 5.53. The van der Waals surface area contributed by atoms with Crippen LogP contribution in [0.15, 0.2) is 42.0 Å². The predicted molar refractivity (Wildman–Crippen MR) is 98.3 cm³/mol. The molecule has 2 heterocycles. The van der Waals surface area contributed by atoms with Crippen LogP contribution in [0.3, 0.4) is 0 Å². The molecule has 1 atom stereocenters. The highest BCUT2D eigenvalue weighted by Gasteiger charge is 2.39. The molecule has 0 spiro atoms. The molecule has 1 unspecified atom stereocenters. The molecule has 2 amide bonds. The fourth-order valence-corrected chi connectivity index (χ4v) is 3.60. The van der Waals surface area contributed by atoms with Crippen molar-refractivity contribution < 1.29 is 9.59 Å². The summed E-state index contributed by atoms with van der Waals surface area (Å²) in [5.74, 6) is 0.0675. The Bertz CT molecular complexity index is 656. The summed E-state index contributed by atoms with van der Waals surface area (Å²) < 4.78 is 0. The summed E-state index contributed by atoms with van der Waals surface area (Å²) >= 11 is 0. The molecule has 3 rings (SSSR count). The molecule has 2 N–H and O–H groups in total. The van der Waals surface area contributed by atoms with E-state index in [1.165, 1.54) is 5.57 Å². The number of nitrogens with zero attached hydrogens (tertiary/aromatic N) is 1. The molecule has 134 valence electrons. The van der Waals surface area contributed by atoms with Gasteiger partial charge in [-0.2, -0.15) is 0 Å². The highest BCUT2D eigenvalue weighted by atomic mass is 16.2. The molecule has 0 radical (unpaired) electrons. The van der Waals surface area contributed by atoms with Crippen LogP contribution in [0.5, 0.6) is 0 Å². The molecule has 1 aromatic carbocycles. The average Bonchev–Trinajstić information content (AvgIpc) is 2.67. The maximum absolute atomic E-state index is 12.8. The Hall–Kier alpha value is -2.14. The molecule has 2 aliphatic heterocycles. The molecule has 0 saturated carbocycles. The molecule has 0 aromatic heterocycles. The van der Waals surface area contributed by atoms with E-state index in [4.69, 9.17) is 0 Å². The number of hydrogen-bond acceptors (Lipinski definition) is 3. The molecular weight excluding hydrogens is 314 g/mol. The van der Waals surface area contributed by atoms with Gasteiger partial charge in [0.1, 0.15) is 0 Å². The van der Waals surface area contributed by atoms with Gasteiger partial charge in [0, 0.05) is 31.7 Å². The van der Waals surface area contributed by atoms with E-state index in [0.717, 1.165) is 32.4 Å². The number of amides is 2. The van der Waals surface area contributed by atoms with Gasteiger partial charge in [-0.15, -0.1) is 0 Å². The van der Waals surface area contributed by atoms with Crippen molar-refractivity contribution in [2.24, 2.45) is 5.41 Å². The minimum absolute atomic E-state index is 0.0142. The van der Waals surface area contributed by atoms with Gasteiger partial charge < -0.3 is 15.5 Å². The lowest BCUT2D eigenvalue weighted by Crippen LogP contribution is -2.52. The highest BCUT2D eigenvalue weighted by molar-refractivity contribution is 5.95. The van der Waals surface area contributed by atoms with Crippen molar-refractivity contribution in [3.8, 4) is 0 Å². The van der Waals surface area contributed by atoms with Crippen LogP contribution in [0, 0.1) is 5.41 Å². The minimum atomic E-state index is -0.518. The number of rotatable bonds is 4. The SMILES string of the molecule is CC1(C(=O)NCC2=CCNCC2)CCCN(C(=O)c2ccccc2)C1. The zero-order valence-corrected chi connectivity index (χ0v) is 14.9. The van der Waals surface area contributed by atoms with Gasteiger partial charge in [0.2, 0.25) is 5.91 Å². The summed E-state index contributed by atoms with van der Waals surface area (Å²) in [6, 6.07) is 9.31. The van der Waals surface area contributed by atoms with E-state index in [1.54, 1.807) is 0 Å². The molecular formula is C20H27N3O2. The van der Waals surface area contributed by atoms with Gasteiger partial charge in [0.05, 0.1) is 5.41 Å². The lowest BCUT2D eigenvalue weighted by Gasteiger charge is -2.39. The number of piperidine rings is 1. The fraction of sp³-hybridized carbons (Fsp3) is 0.500. The molecule has 1 saturated heterocycles. The van der Waals surface area contributed by atoms with E-state index >= 15 is 0 Å². The van der Waals surface area contributed by atoms with Gasteiger partial charge in [-0.25, -0.2) is 0 Å². The predicted octanol–water partition coefficient (Wildman–Crippen LogP) is 1.96. The maximum Gasteiger partial charge on any atom is 0.253 e. The second-order valence-corrected chi connectivity index (χ2v) is 7.26. The quantitative estimate of drug-likeness (QED) is 0.823. The van der Waals surface area contributed by atoms with E-state index in [2.05, 4.69) is 16.7 Å². The van der Waals surface area contributed by atoms with Crippen LogP contribution in [0.4, 0.5) is 0 Å². The zero-order chi connectivity index (χ0) is 17.7. The van der Waals surface area contributed by atoms with Crippen molar-refractivity contribution in [2.75, 3.05) is 32.7 Å². The molecule has 0 bridgehead atoms. The third-order valence-corrected chi connectivity index (χ3v) is 5.19. The summed E-state index contributed by atoms with van der Waals surface area (Å²) in [4.78, 5) is 27.3. The summed E-state index contributed by atoms with van der Waals surface area (Å²) in [5.41, 5.74) is 1.45. The third kappa shape index (κ3) is 4.28. The summed E-state index contributed by atoms with van der Waals surface area (Å²) in [6.45, 7) is 5.63. The van der Waals surface area contributed by atoms with Gasteiger partial charge in [0.25, 0.3) is 5.91 Å². The van der Waals surface area contributed by atoms with Gasteiger partial charge >= 0.3 is 0 Å². The zero-order valence-electron chi connectivity index (χ0n) is 14.9. The number of carbonyl (C=O) groups is 2. The van der Waals surface area contributed by atoms with Gasteiger partial charge in [0.15, 0.2) is 0 Å². The number of carbonyl (C=O) groups excluding carboxylic acids is 2. The summed E-state index contributed by atoms with van der Waals surface area (Å²) in [6.07, 6.45) is 4.81. The molecule has 1 aromatic rings. The standard InChI is InChI=1S/C20H27N3O2/c1-20(19(25)22-14-16-8-11-21-12-9-16)10-5-13-23(15-20)18(24)17-6-3-2-4-7-17/h2-4,6-8,21H,5,9-15H2,1H3,(H,22,25). The van der Waals surface area contributed by atoms with Gasteiger partial charge in [-0.1, -0.05) is 29.8 Å². The van der Waals surface area contributed by atoms with Crippen LogP contribution in [0.1, 0.15) is 36.5 Å². The lowest BCUT2D eigenvalue weighted by atomic mass is 9.80. The number of hydrogen-bond donors (Lipinski definition) is 2. The van der Waals surface area contributed by atoms with Crippen LogP contribution in [-0.2, 0) is 4.79 Å². The molecule has 5 heteroatoms. The second-order valence-electron chi connectivity index (χ2n) is 7.26. The minimum Gasteiger partial charge on any atom is -0.352 e. The van der Waals surface area contributed by atoms with Gasteiger partial charge in [-0.05, 0) is 44.9 Å². The van der Waals surface area contributed by atoms with Crippen LogP contribution in [0.2, 0.25) is 0 Å². The van der Waals surface area contributed by atoms with Crippen LogP contribution < -0.4 is 10.6 Å². The van der Waals surface area contributed by atoms with Crippen molar-refractivity contribution in [1.82, 2.24) is 15.5 Å². The van der Waals surface area contributed by atoms with Crippen molar-refractivity contribution in [2.45, 2.75) is 26.2 Å². The van der Waals surface area contributed by atoms with E-state index in [1.807, 2.05) is 42.2 Å². The van der Waals surface area contributed by atoms with Crippen molar-refractivity contribution in [3.05, 3.63) is 47.5 Å². The topological polar surface area (TPSA) is 61.4 Å². The lowest BCUT2D eigenvalue weighted by molar-refractivity contribution is -0.132. The van der Waals surface area contributed by atoms with Crippen molar-refractivity contribution >= 4 is 11.8 Å². The number of benzene rings is 1. The first-order valence-corrected chi connectivity index (χ1v) is 9.10. The van der Waals surface area contributed by atoms with E-state index < -0.39 is 5.41 Å². The van der Waals surface area contributed by atoms with Crippen molar-refractivity contribution in [3.63, 3.8) is 0 Å². The van der Waals surface area contributed by atoms with E-state index in [9.17, 15) is 9.59 Å². The largest absolute Gasteiger partial charge is 0.352 e. The van der Waals surface area contributed by atoms with Crippen molar-refractivity contribution in [1.29, 1.82) is 0 Å². The Balaban J connectivity index is 1.61. The van der Waals surface area contributed by atoms with Crippen LogP contribution in [-0.4, -0.2) is 49.4 Å². The van der Waals surface area contributed by atoms with Crippen LogP contribution >= 0.6 is 0 Å². The highest BCUT2D eigenvalue weighted by Crippen LogP contribution is 2.30. The molecule has 2 aliphatic rings. The molecule has 0 aliphatic carbocycles. The first-order valence-electron chi connectivity index (χ1n) is 9.10. The molecule has 25 heavy (non-hydrogen) atoms. The Morgan fingerprint density at radius 3 is 2.80 bits per heavy atom. The smallest absolute Gasteiger partial charge is 0.253 e. The van der Waals surface area contributed by atoms with E-state index in [0.29, 0.717) is 25.2 Å². The second kappa shape index (κ2) is 7.83. The Labute approximate surface area is 149 Å². The van der Waals surface area contributed by atoms with Crippen LogP contribution in [0.25, 0.3) is 0 Å². The first-order chi connectivity index (χ1) is 12.1. The van der Waals surface area contributed by atoms with Gasteiger partial charge in [-0.3, -0.25) is 9.59 Å². The Morgan fingerprint density at radius 2 is 2.08 bits per heavy atom. The summed E-state index contributed by atoms with van der Waals surface area (Å²) in [5, 5.41) is 6.36. The first kappa shape index (κ1) is 17.7. The fourth-order valence-electron chi connectivity index (χ4n) is 3.60. The normalized spacial score (nSPS) is 23.7. The van der Waals surface area contributed by atoms with E-state index in [-0.39, 0.29) is 11.8 Å². The Morgan fingerprint density at radius 1 is 1.28 bits per heavy atom. The maximum atomic E-state index is 12.8. The monoisotopic (exact) mass is 341 g/mol. The molecule has 5 nitrogen and oxygen atoms in total. The number of nitrogens with one attached hydrogen (secondary N) is 2. The number of likely N-dealkylation sites (tertiary alicyclic amines) is 1. The average molecular weight is 341 g/mol. The third-order valence-electron chi connectivity index (χ3n) is 5.19.